The molecule has 7 heteroatoms. The molecule has 0 fully saturated rings. The van der Waals surface area contributed by atoms with E-state index in [4.69, 9.17) is 0 Å². The van der Waals surface area contributed by atoms with Gasteiger partial charge in [0, 0.05) is 17.8 Å². The summed E-state index contributed by atoms with van der Waals surface area (Å²) in [6, 6.07) is 9.87. The van der Waals surface area contributed by atoms with Crippen LogP contribution in [0.2, 0.25) is 0 Å². The van der Waals surface area contributed by atoms with Gasteiger partial charge >= 0.3 is 5.82 Å². The minimum Gasteiger partial charge on any atom is -0.358 e. The summed E-state index contributed by atoms with van der Waals surface area (Å²) in [5, 5.41) is 16.3. The first kappa shape index (κ1) is 13.7. The molecule has 0 aliphatic heterocycles. The molecular formula is C14H14N4O2S. The molecule has 0 saturated heterocycles. The number of hydrogen-bond donors (Lipinski definition) is 1. The number of nitrogens with one attached hydrogen (secondary N) is 1. The minimum atomic E-state index is -0.361. The van der Waals surface area contributed by atoms with E-state index in [1.165, 1.54) is 15.7 Å². The van der Waals surface area contributed by atoms with Crippen LogP contribution in [0.1, 0.15) is 17.3 Å². The lowest BCUT2D eigenvalue weighted by Crippen LogP contribution is -2.19. The standard InChI is InChI=1S/C14H14N4O2S/c1-15-11(10-5-3-2-4-6-10)9-12-13(18(19)20)17-7-8-21-14(17)16-12/h2-8,11,15H,9H2,1H3. The van der Waals surface area contributed by atoms with E-state index in [1.54, 1.807) is 11.6 Å². The average Bonchev–Trinajstić information content (AvgIpc) is 3.05. The number of hydrogen-bond acceptors (Lipinski definition) is 5. The number of imidazole rings is 1. The van der Waals surface area contributed by atoms with E-state index in [9.17, 15) is 10.1 Å². The summed E-state index contributed by atoms with van der Waals surface area (Å²) in [6.45, 7) is 0. The Kier molecular flexibility index (Phi) is 3.68. The zero-order valence-electron chi connectivity index (χ0n) is 11.4. The predicted octanol–water partition coefficient (Wildman–Crippen LogP) is 2.81. The van der Waals surface area contributed by atoms with Gasteiger partial charge in [0.15, 0.2) is 0 Å². The van der Waals surface area contributed by atoms with Crippen LogP contribution in [-0.4, -0.2) is 21.4 Å². The van der Waals surface area contributed by atoms with Crippen molar-refractivity contribution in [3.05, 3.63) is 63.3 Å². The fraction of sp³-hybridized carbons (Fsp3) is 0.214. The number of aromatic nitrogens is 2. The zero-order valence-corrected chi connectivity index (χ0v) is 12.2. The lowest BCUT2D eigenvalue weighted by Gasteiger charge is -2.15. The Labute approximate surface area is 125 Å². The Morgan fingerprint density at radius 2 is 2.19 bits per heavy atom. The smallest absolute Gasteiger partial charge is 0.351 e. The van der Waals surface area contributed by atoms with Crippen molar-refractivity contribution < 1.29 is 4.92 Å². The van der Waals surface area contributed by atoms with Gasteiger partial charge in [0.2, 0.25) is 0 Å². The van der Waals surface area contributed by atoms with E-state index in [0.29, 0.717) is 17.1 Å². The summed E-state index contributed by atoms with van der Waals surface area (Å²) in [6.07, 6.45) is 2.16. The molecule has 1 N–H and O–H groups in total. The Bertz CT molecular complexity index is 766. The molecule has 0 bridgehead atoms. The third kappa shape index (κ3) is 2.53. The molecule has 0 aliphatic rings. The van der Waals surface area contributed by atoms with Crippen molar-refractivity contribution in [1.29, 1.82) is 0 Å². The number of benzene rings is 1. The number of nitro groups is 1. The molecule has 2 heterocycles. The first-order valence-corrected chi connectivity index (χ1v) is 7.39. The van der Waals surface area contributed by atoms with E-state index < -0.39 is 0 Å². The molecule has 0 aliphatic carbocycles. The van der Waals surface area contributed by atoms with Gasteiger partial charge in [0.05, 0.1) is 0 Å². The number of rotatable bonds is 5. The number of thiazole rings is 1. The maximum absolute atomic E-state index is 11.3. The topological polar surface area (TPSA) is 72.5 Å². The summed E-state index contributed by atoms with van der Waals surface area (Å²) in [5.74, 6) is 0.0578. The highest BCUT2D eigenvalue weighted by Crippen LogP contribution is 2.27. The molecule has 21 heavy (non-hydrogen) atoms. The average molecular weight is 302 g/mol. The molecule has 6 nitrogen and oxygen atoms in total. The molecule has 3 rings (SSSR count). The predicted molar refractivity (Wildman–Crippen MR) is 81.7 cm³/mol. The van der Waals surface area contributed by atoms with Gasteiger partial charge in [-0.2, -0.15) is 9.38 Å². The Hall–Kier alpha value is -2.25. The minimum absolute atomic E-state index is 0.00509. The van der Waals surface area contributed by atoms with Gasteiger partial charge in [0.1, 0.15) is 11.9 Å². The fourth-order valence-corrected chi connectivity index (χ4v) is 3.14. The third-order valence-electron chi connectivity index (χ3n) is 3.43. The Morgan fingerprint density at radius 3 is 2.86 bits per heavy atom. The molecule has 3 aromatic rings. The van der Waals surface area contributed by atoms with Crippen molar-refractivity contribution in [2.24, 2.45) is 0 Å². The molecule has 0 radical (unpaired) electrons. The first-order chi connectivity index (χ1) is 10.2. The van der Waals surface area contributed by atoms with Crippen LogP contribution in [0.25, 0.3) is 4.96 Å². The van der Waals surface area contributed by atoms with Crippen molar-refractivity contribution in [3.63, 3.8) is 0 Å². The molecule has 1 unspecified atom stereocenters. The van der Waals surface area contributed by atoms with E-state index in [1.807, 2.05) is 37.4 Å². The van der Waals surface area contributed by atoms with Crippen molar-refractivity contribution >= 4 is 22.1 Å². The van der Waals surface area contributed by atoms with Crippen LogP contribution in [0.4, 0.5) is 5.82 Å². The number of nitrogens with zero attached hydrogens (tertiary/aromatic N) is 3. The van der Waals surface area contributed by atoms with Crippen LogP contribution < -0.4 is 5.32 Å². The highest BCUT2D eigenvalue weighted by Gasteiger charge is 2.25. The summed E-state index contributed by atoms with van der Waals surface area (Å²) < 4.78 is 1.54. The first-order valence-electron chi connectivity index (χ1n) is 6.51. The second kappa shape index (κ2) is 5.63. The fourth-order valence-electron chi connectivity index (χ4n) is 2.41. The summed E-state index contributed by atoms with van der Waals surface area (Å²) in [4.78, 5) is 16.0. The summed E-state index contributed by atoms with van der Waals surface area (Å²) in [5.41, 5.74) is 1.60. The summed E-state index contributed by atoms with van der Waals surface area (Å²) in [7, 11) is 1.85. The second-order valence-electron chi connectivity index (χ2n) is 4.65. The van der Waals surface area contributed by atoms with Gasteiger partial charge < -0.3 is 15.4 Å². The van der Waals surface area contributed by atoms with E-state index in [2.05, 4.69) is 10.3 Å². The van der Waals surface area contributed by atoms with Gasteiger partial charge in [-0.15, -0.1) is 0 Å². The molecule has 1 aromatic carbocycles. The van der Waals surface area contributed by atoms with Gasteiger partial charge in [-0.25, -0.2) is 0 Å². The van der Waals surface area contributed by atoms with E-state index >= 15 is 0 Å². The normalized spacial score (nSPS) is 12.6. The van der Waals surface area contributed by atoms with Gasteiger partial charge in [-0.3, -0.25) is 0 Å². The van der Waals surface area contributed by atoms with Crippen molar-refractivity contribution in [2.45, 2.75) is 12.5 Å². The van der Waals surface area contributed by atoms with Crippen molar-refractivity contribution in [1.82, 2.24) is 14.7 Å². The second-order valence-corrected chi connectivity index (χ2v) is 5.52. The maximum Gasteiger partial charge on any atom is 0.351 e. The monoisotopic (exact) mass is 302 g/mol. The highest BCUT2D eigenvalue weighted by atomic mass is 32.1. The van der Waals surface area contributed by atoms with E-state index in [-0.39, 0.29) is 16.8 Å². The van der Waals surface area contributed by atoms with Crippen LogP contribution >= 0.6 is 11.3 Å². The third-order valence-corrected chi connectivity index (χ3v) is 4.18. The molecule has 1 atom stereocenters. The number of fused-ring (bicyclic) bond motifs is 1. The van der Waals surface area contributed by atoms with Crippen LogP contribution in [0.5, 0.6) is 0 Å². The quantitative estimate of drug-likeness (QED) is 0.581. The van der Waals surface area contributed by atoms with Crippen molar-refractivity contribution in [3.8, 4) is 0 Å². The lowest BCUT2D eigenvalue weighted by atomic mass is 10.0. The van der Waals surface area contributed by atoms with Crippen LogP contribution in [0.3, 0.4) is 0 Å². The number of likely N-dealkylation sites (N-methyl/N-ethyl adjacent to an activating group) is 1. The van der Waals surface area contributed by atoms with Gasteiger partial charge in [0.25, 0.3) is 4.96 Å². The molecule has 2 aromatic heterocycles. The zero-order chi connectivity index (χ0) is 14.8. The summed E-state index contributed by atoms with van der Waals surface area (Å²) >= 11 is 1.40. The van der Waals surface area contributed by atoms with Gasteiger partial charge in [-0.1, -0.05) is 41.7 Å². The SMILES string of the molecule is CNC(Cc1nc2sccn2c1[N+](=O)[O-])c1ccccc1. The van der Waals surface area contributed by atoms with Crippen LogP contribution in [-0.2, 0) is 6.42 Å². The Morgan fingerprint density at radius 1 is 1.43 bits per heavy atom. The van der Waals surface area contributed by atoms with Crippen molar-refractivity contribution in [2.75, 3.05) is 7.05 Å². The molecular weight excluding hydrogens is 288 g/mol. The van der Waals surface area contributed by atoms with Gasteiger partial charge in [-0.05, 0) is 17.5 Å². The largest absolute Gasteiger partial charge is 0.358 e. The van der Waals surface area contributed by atoms with Crippen LogP contribution in [0, 0.1) is 10.1 Å². The molecule has 108 valence electrons. The Balaban J connectivity index is 1.98. The molecule has 0 saturated carbocycles. The molecule has 0 amide bonds. The maximum atomic E-state index is 11.3. The van der Waals surface area contributed by atoms with Crippen LogP contribution in [0.15, 0.2) is 41.9 Å². The lowest BCUT2D eigenvalue weighted by molar-refractivity contribution is -0.391. The highest BCUT2D eigenvalue weighted by molar-refractivity contribution is 7.15. The van der Waals surface area contributed by atoms with E-state index in [0.717, 1.165) is 5.56 Å². The molecule has 0 spiro atoms.